The lowest BCUT2D eigenvalue weighted by Crippen LogP contribution is -1.99. The van der Waals surface area contributed by atoms with Gasteiger partial charge in [-0.2, -0.15) is 0 Å². The normalized spacial score (nSPS) is 11.9. The zero-order chi connectivity index (χ0) is 10.9. The Morgan fingerprint density at radius 2 is 1.67 bits per heavy atom. The van der Waals surface area contributed by atoms with Crippen LogP contribution < -0.4 is 11.0 Å². The minimum absolute atomic E-state index is 0.862. The Morgan fingerprint density at radius 3 is 2.40 bits per heavy atom. The summed E-state index contributed by atoms with van der Waals surface area (Å²) in [6, 6.07) is 13.6. The molecule has 3 nitrogen and oxygen atoms in total. The fourth-order valence-corrected chi connectivity index (χ4v) is 3.56. The van der Waals surface area contributed by atoms with Gasteiger partial charge in [-0.25, -0.2) is 0 Å². The van der Waals surface area contributed by atoms with Crippen LogP contribution in [0, 0.1) is 0 Å². The van der Waals surface area contributed by atoms with E-state index < -0.39 is 6.65 Å². The largest absolute Gasteiger partial charge is 0.277 e. The first-order chi connectivity index (χ1) is 7.06. The van der Waals surface area contributed by atoms with E-state index in [4.69, 9.17) is 11.0 Å². The second-order valence-electron chi connectivity index (χ2n) is 3.21. The van der Waals surface area contributed by atoms with Crippen LogP contribution in [-0.2, 0) is 4.57 Å². The second-order valence-corrected chi connectivity index (χ2v) is 7.39. The van der Waals surface area contributed by atoms with Gasteiger partial charge in [0.25, 0.3) is 6.65 Å². The average molecular weight is 238 g/mol. The van der Waals surface area contributed by atoms with Crippen LogP contribution in [0.1, 0.15) is 0 Å². The predicted molar refractivity (Wildman–Crippen MR) is 65.8 cm³/mol. The molecule has 2 aromatic rings. The summed E-state index contributed by atoms with van der Waals surface area (Å²) in [6.45, 7) is -3.08. The third-order valence-corrected chi connectivity index (χ3v) is 4.27. The monoisotopic (exact) mass is 238 g/mol. The molecule has 0 amide bonds. The van der Waals surface area contributed by atoms with Crippen LogP contribution in [0.2, 0.25) is 0 Å². The fraction of sp³-hybridized carbons (Fsp3) is 0. The van der Waals surface area contributed by atoms with Crippen molar-refractivity contribution >= 4 is 28.8 Å². The number of hydrogen-bond donors (Lipinski definition) is 2. The van der Waals surface area contributed by atoms with Crippen LogP contribution in [0.4, 0.5) is 0 Å². The van der Waals surface area contributed by atoms with E-state index in [2.05, 4.69) is 0 Å². The van der Waals surface area contributed by atoms with Crippen LogP contribution in [0.15, 0.2) is 47.4 Å². The zero-order valence-electron chi connectivity index (χ0n) is 7.96. The highest BCUT2D eigenvalue weighted by Crippen LogP contribution is 2.49. The number of rotatable bonds is 2. The van der Waals surface area contributed by atoms with Crippen molar-refractivity contribution < 1.29 is 4.57 Å². The van der Waals surface area contributed by atoms with E-state index >= 15 is 0 Å². The molecule has 5 heteroatoms. The molecule has 0 radical (unpaired) electrons. The molecule has 2 aromatic carbocycles. The topological polar surface area (TPSA) is 69.1 Å². The fourth-order valence-electron chi connectivity index (χ4n) is 1.43. The van der Waals surface area contributed by atoms with Gasteiger partial charge in [0.05, 0.1) is 0 Å². The van der Waals surface area contributed by atoms with Gasteiger partial charge >= 0.3 is 0 Å². The van der Waals surface area contributed by atoms with Gasteiger partial charge in [0.15, 0.2) is 0 Å². The van der Waals surface area contributed by atoms with E-state index in [9.17, 15) is 4.57 Å². The lowest BCUT2D eigenvalue weighted by molar-refractivity contribution is 0.587. The Hall–Kier alpha value is -0.800. The summed E-state index contributed by atoms with van der Waals surface area (Å²) in [7, 11) is 0. The molecule has 15 heavy (non-hydrogen) atoms. The van der Waals surface area contributed by atoms with Gasteiger partial charge in [-0.1, -0.05) is 36.4 Å². The molecular formula is C10H11N2OPS. The van der Waals surface area contributed by atoms with Crippen molar-refractivity contribution in [1.29, 1.82) is 0 Å². The SMILES string of the molecule is NP(N)(=O)Sc1cccc2ccccc12. The molecule has 4 N–H and O–H groups in total. The van der Waals surface area contributed by atoms with E-state index in [1.165, 1.54) is 0 Å². The second kappa shape index (κ2) is 3.99. The molecule has 78 valence electrons. The number of fused-ring (bicyclic) bond motifs is 1. The van der Waals surface area contributed by atoms with E-state index in [0.29, 0.717) is 0 Å². The van der Waals surface area contributed by atoms with Crippen LogP contribution in [0.5, 0.6) is 0 Å². The number of hydrogen-bond acceptors (Lipinski definition) is 2. The maximum Gasteiger partial charge on any atom is 0.265 e. The third kappa shape index (κ3) is 2.61. The van der Waals surface area contributed by atoms with E-state index in [1.807, 2.05) is 42.5 Å². The molecule has 0 aliphatic heterocycles. The molecular weight excluding hydrogens is 227 g/mol. The van der Waals surface area contributed by atoms with Gasteiger partial charge in [0.2, 0.25) is 0 Å². The third-order valence-electron chi connectivity index (χ3n) is 1.99. The molecule has 0 spiro atoms. The molecule has 0 aromatic heterocycles. The highest BCUT2D eigenvalue weighted by atomic mass is 32.7. The summed E-state index contributed by atoms with van der Waals surface area (Å²) in [5, 5.41) is 2.12. The van der Waals surface area contributed by atoms with Crippen molar-refractivity contribution in [2.24, 2.45) is 11.0 Å². The first-order valence-electron chi connectivity index (χ1n) is 4.41. The van der Waals surface area contributed by atoms with E-state index in [0.717, 1.165) is 27.0 Å². The number of benzene rings is 2. The van der Waals surface area contributed by atoms with Gasteiger partial charge in [-0.05, 0) is 28.2 Å². The molecule has 0 saturated carbocycles. The minimum Gasteiger partial charge on any atom is -0.277 e. The summed E-state index contributed by atoms with van der Waals surface area (Å²) in [5.41, 5.74) is 10.7. The molecule has 2 rings (SSSR count). The minimum atomic E-state index is -3.08. The summed E-state index contributed by atoms with van der Waals surface area (Å²) in [6.07, 6.45) is 0. The van der Waals surface area contributed by atoms with Crippen molar-refractivity contribution in [3.8, 4) is 0 Å². The Bertz CT molecular complexity index is 532. The lowest BCUT2D eigenvalue weighted by atomic mass is 10.1. The van der Waals surface area contributed by atoms with E-state index in [1.54, 1.807) is 0 Å². The summed E-state index contributed by atoms with van der Waals surface area (Å²) in [5.74, 6) is 0. The molecule has 0 atom stereocenters. The van der Waals surface area contributed by atoms with Crippen molar-refractivity contribution in [2.45, 2.75) is 4.90 Å². The quantitative estimate of drug-likeness (QED) is 0.789. The van der Waals surface area contributed by atoms with Crippen LogP contribution in [-0.4, -0.2) is 0 Å². The number of nitrogens with two attached hydrogens (primary N) is 2. The van der Waals surface area contributed by atoms with Crippen molar-refractivity contribution in [3.05, 3.63) is 42.5 Å². The van der Waals surface area contributed by atoms with Crippen LogP contribution in [0.25, 0.3) is 10.8 Å². The predicted octanol–water partition coefficient (Wildman–Crippen LogP) is 2.96. The van der Waals surface area contributed by atoms with Gasteiger partial charge in [-0.3, -0.25) is 15.6 Å². The lowest BCUT2D eigenvalue weighted by Gasteiger charge is -2.08. The molecule has 0 saturated heterocycles. The molecule has 0 aliphatic carbocycles. The molecule has 0 aliphatic rings. The maximum absolute atomic E-state index is 11.3. The molecule has 0 bridgehead atoms. The Kier molecular flexibility index (Phi) is 2.85. The van der Waals surface area contributed by atoms with Gasteiger partial charge in [0.1, 0.15) is 0 Å². The van der Waals surface area contributed by atoms with Crippen LogP contribution >= 0.6 is 18.0 Å². The first kappa shape index (κ1) is 10.7. The summed E-state index contributed by atoms with van der Waals surface area (Å²) in [4.78, 5) is 0.862. The summed E-state index contributed by atoms with van der Waals surface area (Å²) < 4.78 is 11.3. The molecule has 0 fully saturated rings. The molecule has 0 unspecified atom stereocenters. The highest BCUT2D eigenvalue weighted by Gasteiger charge is 2.12. The van der Waals surface area contributed by atoms with Gasteiger partial charge in [-0.15, -0.1) is 0 Å². The highest BCUT2D eigenvalue weighted by molar-refractivity contribution is 8.56. The van der Waals surface area contributed by atoms with Crippen molar-refractivity contribution in [2.75, 3.05) is 0 Å². The molecule has 0 heterocycles. The zero-order valence-corrected chi connectivity index (χ0v) is 9.67. The Balaban J connectivity index is 2.56. The smallest absolute Gasteiger partial charge is 0.265 e. The van der Waals surface area contributed by atoms with Gasteiger partial charge < -0.3 is 0 Å². The summed E-state index contributed by atoms with van der Waals surface area (Å²) >= 11 is 1.04. The van der Waals surface area contributed by atoms with Crippen molar-refractivity contribution in [1.82, 2.24) is 0 Å². The van der Waals surface area contributed by atoms with Crippen molar-refractivity contribution in [3.63, 3.8) is 0 Å². The first-order valence-corrected chi connectivity index (χ1v) is 7.67. The van der Waals surface area contributed by atoms with Gasteiger partial charge in [0, 0.05) is 4.90 Å². The average Bonchev–Trinajstić information content (AvgIpc) is 2.16. The Morgan fingerprint density at radius 1 is 1.00 bits per heavy atom. The maximum atomic E-state index is 11.3. The van der Waals surface area contributed by atoms with E-state index in [-0.39, 0.29) is 0 Å². The van der Waals surface area contributed by atoms with Crippen LogP contribution in [0.3, 0.4) is 0 Å². The standard InChI is InChI=1S/C10H11N2OPS/c11-14(12,13)15-10-7-3-5-8-4-1-2-6-9(8)10/h1-7H,(H4,11,12,13). The Labute approximate surface area is 92.1 Å².